The fraction of sp³-hybridized carbons (Fsp3) is 0.500. The lowest BCUT2D eigenvalue weighted by molar-refractivity contribution is 0.0928. The molecule has 21 heavy (non-hydrogen) atoms. The number of hydrogen-bond donors (Lipinski definition) is 3. The molecule has 0 spiro atoms. The van der Waals surface area contributed by atoms with E-state index in [0.29, 0.717) is 21.8 Å². The molecular formula is C14H20N4O2S. The van der Waals surface area contributed by atoms with Crippen molar-refractivity contribution in [3.63, 3.8) is 0 Å². The van der Waals surface area contributed by atoms with Crippen molar-refractivity contribution in [1.82, 2.24) is 15.5 Å². The Labute approximate surface area is 127 Å². The molecule has 1 amide bonds. The van der Waals surface area contributed by atoms with Crippen LogP contribution in [0.1, 0.15) is 41.2 Å². The predicted molar refractivity (Wildman–Crippen MR) is 84.5 cm³/mol. The van der Waals surface area contributed by atoms with Gasteiger partial charge in [0.15, 0.2) is 0 Å². The lowest BCUT2D eigenvalue weighted by atomic mass is 10.1. The Balaban J connectivity index is 2.32. The number of carbonyl (C=O) groups is 1. The summed E-state index contributed by atoms with van der Waals surface area (Å²) in [6.07, 6.45) is 0.0323. The van der Waals surface area contributed by atoms with Crippen LogP contribution in [-0.2, 0) is 0 Å². The summed E-state index contributed by atoms with van der Waals surface area (Å²) in [6.45, 7) is 7.33. The van der Waals surface area contributed by atoms with E-state index in [4.69, 9.17) is 5.73 Å². The van der Waals surface area contributed by atoms with Crippen LogP contribution < -0.4 is 11.1 Å². The molecule has 0 aromatic carbocycles. The van der Waals surface area contributed by atoms with Gasteiger partial charge in [-0.1, -0.05) is 0 Å². The van der Waals surface area contributed by atoms with E-state index in [-0.39, 0.29) is 11.9 Å². The molecule has 4 N–H and O–H groups in total. The number of nitrogens with zero attached hydrogens (tertiary/aromatic N) is 2. The number of nitrogen functional groups attached to an aromatic ring is 1. The number of nitrogens with two attached hydrogens (primary N) is 1. The van der Waals surface area contributed by atoms with Gasteiger partial charge in [0.2, 0.25) is 0 Å². The van der Waals surface area contributed by atoms with Crippen molar-refractivity contribution >= 4 is 33.1 Å². The zero-order chi connectivity index (χ0) is 15.7. The van der Waals surface area contributed by atoms with Gasteiger partial charge in [0.25, 0.3) is 5.91 Å². The third-order valence-corrected chi connectivity index (χ3v) is 4.50. The molecule has 2 unspecified atom stereocenters. The molecule has 0 bridgehead atoms. The highest BCUT2D eigenvalue weighted by molar-refractivity contribution is 7.21. The number of thiophene rings is 1. The topological polar surface area (TPSA) is 101 Å². The van der Waals surface area contributed by atoms with E-state index in [1.165, 1.54) is 11.3 Å². The summed E-state index contributed by atoms with van der Waals surface area (Å²) in [5.41, 5.74) is 8.33. The van der Waals surface area contributed by atoms with Gasteiger partial charge in [0.1, 0.15) is 9.71 Å². The van der Waals surface area contributed by atoms with Crippen molar-refractivity contribution in [3.05, 3.63) is 16.1 Å². The normalized spacial score (nSPS) is 14.1. The summed E-state index contributed by atoms with van der Waals surface area (Å²) in [7, 11) is 0. The number of aliphatic hydroxyl groups excluding tert-OH is 1. The molecule has 0 aliphatic rings. The van der Waals surface area contributed by atoms with Gasteiger partial charge in [-0.15, -0.1) is 16.4 Å². The number of hydrogen-bond acceptors (Lipinski definition) is 6. The van der Waals surface area contributed by atoms with E-state index in [1.807, 2.05) is 20.8 Å². The van der Waals surface area contributed by atoms with Gasteiger partial charge < -0.3 is 16.2 Å². The zero-order valence-electron chi connectivity index (χ0n) is 12.6. The minimum absolute atomic E-state index is 0.129. The molecule has 2 atom stereocenters. The zero-order valence-corrected chi connectivity index (χ0v) is 13.4. The van der Waals surface area contributed by atoms with Crippen LogP contribution in [0.25, 0.3) is 10.2 Å². The number of rotatable bonds is 4. The maximum absolute atomic E-state index is 12.3. The van der Waals surface area contributed by atoms with Crippen molar-refractivity contribution < 1.29 is 9.90 Å². The van der Waals surface area contributed by atoms with E-state index in [9.17, 15) is 9.90 Å². The lowest BCUT2D eigenvalue weighted by Crippen LogP contribution is -2.34. The van der Waals surface area contributed by atoms with Gasteiger partial charge in [0, 0.05) is 11.4 Å². The first-order valence-corrected chi connectivity index (χ1v) is 7.63. The van der Waals surface area contributed by atoms with Crippen LogP contribution in [0.2, 0.25) is 0 Å². The fourth-order valence-electron chi connectivity index (χ4n) is 2.27. The molecule has 2 aromatic heterocycles. The highest BCUT2D eigenvalue weighted by atomic mass is 32.1. The van der Waals surface area contributed by atoms with Crippen LogP contribution >= 0.6 is 11.3 Å². The molecule has 0 radical (unpaired) electrons. The Bertz CT molecular complexity index is 681. The summed E-state index contributed by atoms with van der Waals surface area (Å²) in [5.74, 6) is -0.235. The number of carbonyl (C=O) groups excluding carboxylic acids is 1. The molecule has 0 saturated heterocycles. The van der Waals surface area contributed by atoms with Crippen LogP contribution in [0, 0.1) is 13.8 Å². The summed E-state index contributed by atoms with van der Waals surface area (Å²) >= 11 is 1.24. The highest BCUT2D eigenvalue weighted by Crippen LogP contribution is 2.34. The average molecular weight is 308 g/mol. The smallest absolute Gasteiger partial charge is 0.263 e. The van der Waals surface area contributed by atoms with E-state index in [2.05, 4.69) is 15.5 Å². The Kier molecular flexibility index (Phi) is 4.43. The van der Waals surface area contributed by atoms with Crippen LogP contribution in [0.5, 0.6) is 0 Å². The number of aryl methyl sites for hydroxylation is 2. The van der Waals surface area contributed by atoms with Crippen molar-refractivity contribution in [2.75, 3.05) is 5.73 Å². The molecule has 0 aliphatic carbocycles. The number of fused-ring (bicyclic) bond motifs is 1. The molecule has 0 saturated carbocycles. The number of amides is 1. The van der Waals surface area contributed by atoms with Crippen LogP contribution in [-0.4, -0.2) is 33.4 Å². The third kappa shape index (κ3) is 3.14. The molecular weight excluding hydrogens is 288 g/mol. The van der Waals surface area contributed by atoms with E-state index in [0.717, 1.165) is 16.6 Å². The Morgan fingerprint density at radius 1 is 1.38 bits per heavy atom. The van der Waals surface area contributed by atoms with Gasteiger partial charge in [0.05, 0.1) is 17.5 Å². The standard InChI is InChI=1S/C14H20N4O2S/c1-6(5-7(2)19)16-13(20)12-11(15)10-8(3)9(4)17-18-14(10)21-12/h6-7,19H,5,15H2,1-4H3,(H,16,20). The molecule has 114 valence electrons. The lowest BCUT2D eigenvalue weighted by Gasteiger charge is -2.14. The van der Waals surface area contributed by atoms with Crippen LogP contribution in [0.4, 0.5) is 5.69 Å². The third-order valence-electron chi connectivity index (χ3n) is 3.41. The van der Waals surface area contributed by atoms with Gasteiger partial charge in [-0.25, -0.2) is 0 Å². The van der Waals surface area contributed by atoms with Crippen molar-refractivity contribution in [2.45, 2.75) is 46.3 Å². The quantitative estimate of drug-likeness (QED) is 0.799. The van der Waals surface area contributed by atoms with Crippen LogP contribution in [0.3, 0.4) is 0 Å². The van der Waals surface area contributed by atoms with E-state index < -0.39 is 6.10 Å². The number of aromatic nitrogens is 2. The van der Waals surface area contributed by atoms with Crippen molar-refractivity contribution in [3.8, 4) is 0 Å². The monoisotopic (exact) mass is 308 g/mol. The minimum atomic E-state index is -0.462. The number of anilines is 1. The molecule has 0 fully saturated rings. The first-order chi connectivity index (χ1) is 9.81. The fourth-order valence-corrected chi connectivity index (χ4v) is 3.27. The Hall–Kier alpha value is -1.73. The molecule has 6 nitrogen and oxygen atoms in total. The second-order valence-corrected chi connectivity index (χ2v) is 6.39. The van der Waals surface area contributed by atoms with Crippen molar-refractivity contribution in [2.24, 2.45) is 0 Å². The minimum Gasteiger partial charge on any atom is -0.397 e. The molecule has 7 heteroatoms. The second-order valence-electron chi connectivity index (χ2n) is 5.39. The molecule has 2 heterocycles. The maximum Gasteiger partial charge on any atom is 0.263 e. The number of nitrogens with one attached hydrogen (secondary N) is 1. The molecule has 2 rings (SSSR count). The number of aliphatic hydroxyl groups is 1. The average Bonchev–Trinajstić information content (AvgIpc) is 2.71. The summed E-state index contributed by atoms with van der Waals surface area (Å²) < 4.78 is 0. The van der Waals surface area contributed by atoms with E-state index >= 15 is 0 Å². The first-order valence-electron chi connectivity index (χ1n) is 6.82. The summed E-state index contributed by atoms with van der Waals surface area (Å²) in [6, 6.07) is -0.129. The predicted octanol–water partition coefficient (Wildman–Crippen LogP) is 1.78. The summed E-state index contributed by atoms with van der Waals surface area (Å²) in [5, 5.41) is 21.2. The Morgan fingerprint density at radius 3 is 2.67 bits per heavy atom. The van der Waals surface area contributed by atoms with E-state index in [1.54, 1.807) is 6.92 Å². The molecule has 0 aliphatic heterocycles. The maximum atomic E-state index is 12.3. The first kappa shape index (κ1) is 15.7. The van der Waals surface area contributed by atoms with Crippen molar-refractivity contribution in [1.29, 1.82) is 0 Å². The SMILES string of the molecule is Cc1nnc2sc(C(=O)NC(C)CC(C)O)c(N)c2c1C. The second kappa shape index (κ2) is 5.95. The summed E-state index contributed by atoms with van der Waals surface area (Å²) in [4.78, 5) is 13.4. The largest absolute Gasteiger partial charge is 0.397 e. The molecule has 2 aromatic rings. The van der Waals surface area contributed by atoms with Gasteiger partial charge in [-0.3, -0.25) is 4.79 Å². The highest BCUT2D eigenvalue weighted by Gasteiger charge is 2.21. The van der Waals surface area contributed by atoms with Gasteiger partial charge in [-0.05, 0) is 39.7 Å². The van der Waals surface area contributed by atoms with Crippen LogP contribution in [0.15, 0.2) is 0 Å². The van der Waals surface area contributed by atoms with Gasteiger partial charge in [-0.2, -0.15) is 5.10 Å². The Morgan fingerprint density at radius 2 is 2.05 bits per heavy atom. The van der Waals surface area contributed by atoms with Gasteiger partial charge >= 0.3 is 0 Å².